The second-order valence-electron chi connectivity index (χ2n) is 21.3. The van der Waals surface area contributed by atoms with Crippen LogP contribution >= 0.6 is 0 Å². The summed E-state index contributed by atoms with van der Waals surface area (Å²) in [6.07, 6.45) is 4.87. The number of aromatic hydroxyl groups is 1. The van der Waals surface area contributed by atoms with Crippen molar-refractivity contribution in [3.8, 4) is 28.1 Å². The minimum atomic E-state index is -1.22. The predicted octanol–water partition coefficient (Wildman–Crippen LogP) is 6.64. The number of phenolic OH excluding ortho intramolecular Hbond substituents is 1. The number of urea groups is 1. The highest BCUT2D eigenvalue weighted by Crippen LogP contribution is 2.43. The van der Waals surface area contributed by atoms with Gasteiger partial charge in [-0.2, -0.15) is 0 Å². The van der Waals surface area contributed by atoms with E-state index in [1.165, 1.54) is 27.9 Å². The third kappa shape index (κ3) is 10.4. The number of imide groups is 1. The number of carbonyl (C=O) groups excluding carboxylic acids is 6. The molecule has 5 heterocycles. The number of ether oxygens (including phenoxy) is 2. The number of likely N-dealkylation sites (tertiary alicyclic amines) is 2. The number of benzene rings is 3. The number of rotatable bonds is 10. The lowest BCUT2D eigenvalue weighted by atomic mass is 9.78. The molecule has 4 aliphatic rings. The number of hydrogen-bond acceptors (Lipinski definition) is 10. The van der Waals surface area contributed by atoms with E-state index in [1.807, 2.05) is 18.2 Å². The first-order valence-electron chi connectivity index (χ1n) is 25.5. The van der Waals surface area contributed by atoms with Crippen LogP contribution in [0.3, 0.4) is 0 Å². The Hall–Kier alpha value is -6.52. The first-order chi connectivity index (χ1) is 34.4. The maximum Gasteiger partial charge on any atom is 0.327 e. The number of cyclic esters (lactones) is 1. The molecule has 384 valence electrons. The minimum absolute atomic E-state index is 0.0257. The Bertz CT molecular complexity index is 2760. The van der Waals surface area contributed by atoms with Gasteiger partial charge in [-0.25, -0.2) is 10.2 Å². The number of phenols is 1. The molecule has 0 radical (unpaired) electrons. The Morgan fingerprint density at radius 2 is 1.79 bits per heavy atom. The maximum absolute atomic E-state index is 14.9. The Morgan fingerprint density at radius 3 is 2.53 bits per heavy atom. The predicted molar refractivity (Wildman–Crippen MR) is 274 cm³/mol. The molecule has 4 aliphatic heterocycles. The zero-order valence-electron chi connectivity index (χ0n) is 42.9. The van der Waals surface area contributed by atoms with Gasteiger partial charge in [0.1, 0.15) is 23.9 Å². The van der Waals surface area contributed by atoms with Crippen LogP contribution in [-0.4, -0.2) is 137 Å². The molecular weight excluding hydrogens is 915 g/mol. The van der Waals surface area contributed by atoms with Gasteiger partial charge in [-0.3, -0.25) is 33.9 Å². The SMILES string of the molecule is C=CC(=O)N1CC[C@@]2(CCCN(C(=O)N(C)[C@H](C(=O)N[C@H]3Cc4cc(O)cc(c4)-c4ccc5c(c4)c(c(-c4ccccc4CCOC)n5CC)CC(C)(C)COC(=O)[C@@H]4CCCN(N4)C3=O)C(C)C)C2=O)C1. The molecule has 1 spiro atoms. The quantitative estimate of drug-likeness (QED) is 0.115. The highest BCUT2D eigenvalue weighted by molar-refractivity contribution is 6.01. The van der Waals surface area contributed by atoms with Gasteiger partial charge in [-0.05, 0) is 116 Å². The Morgan fingerprint density at radius 1 is 1.01 bits per heavy atom. The monoisotopic (exact) mass is 986 g/mol. The molecule has 3 fully saturated rings. The summed E-state index contributed by atoms with van der Waals surface area (Å²) in [5.74, 6) is -2.74. The number of methoxy groups -OCH3 is 1. The summed E-state index contributed by atoms with van der Waals surface area (Å²) >= 11 is 0. The van der Waals surface area contributed by atoms with Gasteiger partial charge in [0.2, 0.25) is 17.7 Å². The Kier molecular flexibility index (Phi) is 15.3. The van der Waals surface area contributed by atoms with E-state index in [9.17, 15) is 33.9 Å². The van der Waals surface area contributed by atoms with Crippen molar-refractivity contribution in [3.63, 3.8) is 0 Å². The summed E-state index contributed by atoms with van der Waals surface area (Å²) in [5.41, 5.74) is 9.27. The fourth-order valence-corrected chi connectivity index (χ4v) is 11.5. The van der Waals surface area contributed by atoms with Crippen molar-refractivity contribution in [2.24, 2.45) is 16.7 Å². The second kappa shape index (κ2) is 21.3. The molecule has 3 saturated heterocycles. The van der Waals surface area contributed by atoms with E-state index < -0.39 is 58.7 Å². The Balaban J connectivity index is 1.16. The molecule has 6 bridgehead atoms. The fraction of sp³-hybridized carbons (Fsp3) is 0.500. The molecule has 72 heavy (non-hydrogen) atoms. The largest absolute Gasteiger partial charge is 0.508 e. The maximum atomic E-state index is 14.9. The standard InChI is InChI=1S/C56H71N7O9/c1-9-47(65)60-25-22-56(33-60)21-14-23-62(53(56)69)54(70)59(7)48(35(3)4)50(66)57-45-29-36-27-39(30-40(64)28-36)38-18-19-46-42(31-38)43(49(61(46)10-2)41-16-12-11-15-37(41)20-26-71-8)32-55(5,6)34-72-52(68)44-17-13-24-63(58-44)51(45)67/h9,11-12,15-16,18-19,27-28,30-31,35,44-45,48,58,64H,1,10,13-14,17,20-26,29,32-34H2,2-8H3,(H,57,66)/t44-,45-,48-,56-/m0/s1. The lowest BCUT2D eigenvalue weighted by molar-refractivity contribution is -0.155. The number of esters is 1. The van der Waals surface area contributed by atoms with Crippen molar-refractivity contribution in [2.45, 2.75) is 111 Å². The lowest BCUT2D eigenvalue weighted by Crippen LogP contribution is -2.63. The lowest BCUT2D eigenvalue weighted by Gasteiger charge is -2.41. The van der Waals surface area contributed by atoms with Crippen LogP contribution in [0.2, 0.25) is 0 Å². The van der Waals surface area contributed by atoms with Crippen molar-refractivity contribution < 1.29 is 43.3 Å². The van der Waals surface area contributed by atoms with Crippen LogP contribution < -0.4 is 10.7 Å². The molecule has 0 saturated carbocycles. The van der Waals surface area contributed by atoms with Crippen LogP contribution in [0.4, 0.5) is 4.79 Å². The molecule has 6 amide bonds. The summed E-state index contributed by atoms with van der Waals surface area (Å²) in [5, 5.41) is 16.8. The molecule has 0 aliphatic carbocycles. The third-order valence-corrected chi connectivity index (χ3v) is 15.1. The third-order valence-electron chi connectivity index (χ3n) is 15.1. The molecule has 16 heteroatoms. The van der Waals surface area contributed by atoms with Gasteiger partial charge >= 0.3 is 12.0 Å². The van der Waals surface area contributed by atoms with Gasteiger partial charge < -0.3 is 34.3 Å². The summed E-state index contributed by atoms with van der Waals surface area (Å²) in [4.78, 5) is 88.8. The van der Waals surface area contributed by atoms with Crippen molar-refractivity contribution >= 4 is 46.5 Å². The van der Waals surface area contributed by atoms with Crippen LogP contribution in [0.5, 0.6) is 5.75 Å². The number of aryl methyl sites for hydroxylation is 1. The van der Waals surface area contributed by atoms with Gasteiger partial charge in [0.05, 0.1) is 24.3 Å². The summed E-state index contributed by atoms with van der Waals surface area (Å²) < 4.78 is 14.0. The number of amides is 6. The topological polar surface area (TPSA) is 183 Å². The smallest absolute Gasteiger partial charge is 0.327 e. The van der Waals surface area contributed by atoms with E-state index in [1.54, 1.807) is 38.0 Å². The van der Waals surface area contributed by atoms with E-state index in [-0.39, 0.29) is 50.2 Å². The van der Waals surface area contributed by atoms with E-state index in [0.29, 0.717) is 69.3 Å². The normalized spacial score (nSPS) is 21.9. The second-order valence-corrected chi connectivity index (χ2v) is 21.3. The van der Waals surface area contributed by atoms with Crippen molar-refractivity contribution in [2.75, 3.05) is 53.6 Å². The average molecular weight is 986 g/mol. The number of aromatic nitrogens is 1. The van der Waals surface area contributed by atoms with Gasteiger partial charge in [0.25, 0.3) is 5.91 Å². The number of nitrogens with one attached hydrogen (secondary N) is 2. The molecule has 4 atom stereocenters. The molecular formula is C56H71N7O9. The minimum Gasteiger partial charge on any atom is -0.508 e. The van der Waals surface area contributed by atoms with Crippen molar-refractivity contribution in [1.82, 2.24) is 35.0 Å². The molecule has 3 aromatic carbocycles. The molecule has 1 aromatic heterocycles. The number of fused-ring (bicyclic) bond motifs is 6. The van der Waals surface area contributed by atoms with Crippen LogP contribution in [0, 0.1) is 16.7 Å². The zero-order valence-corrected chi connectivity index (χ0v) is 42.9. The van der Waals surface area contributed by atoms with Gasteiger partial charge in [-0.1, -0.05) is 70.7 Å². The number of likely N-dealkylation sites (N-methyl/N-ethyl adjacent to an activating group) is 1. The highest BCUT2D eigenvalue weighted by Gasteiger charge is 2.52. The highest BCUT2D eigenvalue weighted by atomic mass is 16.5. The average Bonchev–Trinajstić information content (AvgIpc) is 3.93. The number of nitrogens with zero attached hydrogens (tertiary/aromatic N) is 5. The molecule has 3 N–H and O–H groups in total. The van der Waals surface area contributed by atoms with Crippen molar-refractivity contribution in [3.05, 3.63) is 90.0 Å². The summed E-state index contributed by atoms with van der Waals surface area (Å²) in [6, 6.07) is 16.0. The first-order valence-corrected chi connectivity index (χ1v) is 25.5. The van der Waals surface area contributed by atoms with Crippen molar-refractivity contribution in [1.29, 1.82) is 0 Å². The Labute approximate surface area is 422 Å². The molecule has 16 nitrogen and oxygen atoms in total. The summed E-state index contributed by atoms with van der Waals surface area (Å²) in [6.45, 7) is 15.8. The summed E-state index contributed by atoms with van der Waals surface area (Å²) in [7, 11) is 3.19. The number of hydrogen-bond donors (Lipinski definition) is 3. The van der Waals surface area contributed by atoms with Crippen LogP contribution in [0.1, 0.15) is 83.4 Å². The van der Waals surface area contributed by atoms with E-state index in [4.69, 9.17) is 9.47 Å². The van der Waals surface area contributed by atoms with E-state index in [0.717, 1.165) is 45.3 Å². The van der Waals surface area contributed by atoms with Gasteiger partial charge in [0.15, 0.2) is 0 Å². The number of carbonyl (C=O) groups is 6. The van der Waals surface area contributed by atoms with Crippen LogP contribution in [-0.2, 0) is 59.3 Å². The fourth-order valence-electron chi connectivity index (χ4n) is 11.5. The van der Waals surface area contributed by atoms with Crippen LogP contribution in [0.15, 0.2) is 73.3 Å². The zero-order chi connectivity index (χ0) is 51.6. The first kappa shape index (κ1) is 51.8. The number of piperidine rings is 1. The van der Waals surface area contributed by atoms with Gasteiger partial charge in [-0.15, -0.1) is 0 Å². The molecule has 8 rings (SSSR count). The molecule has 0 unspecified atom stereocenters. The van der Waals surface area contributed by atoms with E-state index >= 15 is 0 Å². The number of hydrazine groups is 1. The van der Waals surface area contributed by atoms with E-state index in [2.05, 4.69) is 73.0 Å². The van der Waals surface area contributed by atoms with Crippen LogP contribution in [0.25, 0.3) is 33.3 Å². The molecule has 4 aromatic rings. The van der Waals surface area contributed by atoms with Gasteiger partial charge in [0, 0.05) is 75.2 Å².